The molecule has 0 aromatic carbocycles. The summed E-state index contributed by atoms with van der Waals surface area (Å²) in [7, 11) is 1.30. The summed E-state index contributed by atoms with van der Waals surface area (Å²) in [6.45, 7) is 7.85. The van der Waals surface area contributed by atoms with Crippen LogP contribution >= 0.6 is 0 Å². The Morgan fingerprint density at radius 1 is 1.17 bits per heavy atom. The Hall–Kier alpha value is -1.36. The molecule has 0 unspecified atom stereocenters. The van der Waals surface area contributed by atoms with Gasteiger partial charge in [0.15, 0.2) is 0 Å². The minimum atomic E-state index is -0.393. The number of rotatable bonds is 10. The Morgan fingerprint density at radius 3 is 2.44 bits per heavy atom. The molecule has 0 rings (SSSR count). The van der Waals surface area contributed by atoms with Gasteiger partial charge in [-0.2, -0.15) is 0 Å². The molecular formula is C13H23NO4. The van der Waals surface area contributed by atoms with Gasteiger partial charge in [0.1, 0.15) is 0 Å². The Balaban J connectivity index is 3.30. The number of unbranched alkanes of at least 4 members (excludes halogenated alkanes) is 1. The van der Waals surface area contributed by atoms with Crippen molar-refractivity contribution in [1.82, 2.24) is 5.32 Å². The zero-order chi connectivity index (χ0) is 13.8. The molecular weight excluding hydrogens is 234 g/mol. The van der Waals surface area contributed by atoms with E-state index in [0.29, 0.717) is 6.61 Å². The fraction of sp³-hybridized carbons (Fsp3) is 0.692. The van der Waals surface area contributed by atoms with Crippen molar-refractivity contribution in [2.24, 2.45) is 0 Å². The molecule has 1 N–H and O–H groups in total. The van der Waals surface area contributed by atoms with Crippen LogP contribution in [0.15, 0.2) is 12.2 Å². The van der Waals surface area contributed by atoms with Crippen LogP contribution in [0, 0.1) is 0 Å². The Labute approximate surface area is 109 Å². The maximum Gasteiger partial charge on any atom is 0.306 e. The highest BCUT2D eigenvalue weighted by Gasteiger charge is 2.07. The molecule has 0 atom stereocenters. The summed E-state index contributed by atoms with van der Waals surface area (Å²) in [6.07, 6.45) is 1.92. The molecule has 0 bridgehead atoms. The predicted molar refractivity (Wildman–Crippen MR) is 69.1 cm³/mol. The van der Waals surface area contributed by atoms with Crippen LogP contribution in [-0.4, -0.2) is 38.7 Å². The molecule has 5 nitrogen and oxygen atoms in total. The van der Waals surface area contributed by atoms with Crippen molar-refractivity contribution in [3.63, 3.8) is 0 Å². The highest BCUT2D eigenvalue weighted by molar-refractivity contribution is 5.77. The van der Waals surface area contributed by atoms with Crippen LogP contribution in [0.1, 0.15) is 32.6 Å². The maximum absolute atomic E-state index is 11.2. The van der Waals surface area contributed by atoms with Crippen LogP contribution in [0.2, 0.25) is 0 Å². The molecule has 0 heterocycles. The summed E-state index contributed by atoms with van der Waals surface area (Å²) >= 11 is 0. The molecule has 0 aromatic heterocycles. The van der Waals surface area contributed by atoms with E-state index in [4.69, 9.17) is 4.74 Å². The summed E-state index contributed by atoms with van der Waals surface area (Å²) < 4.78 is 9.40. The van der Waals surface area contributed by atoms with Crippen molar-refractivity contribution in [2.45, 2.75) is 32.6 Å². The molecule has 0 aliphatic heterocycles. The highest BCUT2D eigenvalue weighted by atomic mass is 16.5. The predicted octanol–water partition coefficient (Wildman–Crippen LogP) is 1.43. The van der Waals surface area contributed by atoms with Gasteiger partial charge >= 0.3 is 11.9 Å². The second kappa shape index (κ2) is 10.8. The SMILES string of the molecule is C=C(C)CNCCCCOC(=O)CCC(=O)OC. The number of nitrogens with one attached hydrogen (secondary N) is 1. The molecule has 0 aromatic rings. The van der Waals surface area contributed by atoms with Crippen LogP contribution in [0.4, 0.5) is 0 Å². The lowest BCUT2D eigenvalue weighted by molar-refractivity contribution is -0.149. The van der Waals surface area contributed by atoms with Gasteiger partial charge in [-0.05, 0) is 26.3 Å². The zero-order valence-corrected chi connectivity index (χ0v) is 11.3. The molecule has 0 saturated carbocycles. The summed E-state index contributed by atoms with van der Waals surface area (Å²) in [5, 5.41) is 3.22. The third-order valence-corrected chi connectivity index (χ3v) is 2.20. The molecule has 0 aliphatic carbocycles. The number of hydrogen-bond acceptors (Lipinski definition) is 5. The second-order valence-corrected chi connectivity index (χ2v) is 4.14. The third kappa shape index (κ3) is 11.1. The maximum atomic E-state index is 11.2. The Morgan fingerprint density at radius 2 is 1.83 bits per heavy atom. The molecule has 0 aliphatic rings. The lowest BCUT2D eigenvalue weighted by atomic mass is 10.3. The molecule has 104 valence electrons. The lowest BCUT2D eigenvalue weighted by Crippen LogP contribution is -2.18. The normalized spacial score (nSPS) is 9.89. The number of ether oxygens (including phenoxy) is 2. The number of carbonyl (C=O) groups is 2. The van der Waals surface area contributed by atoms with E-state index in [1.165, 1.54) is 7.11 Å². The van der Waals surface area contributed by atoms with Gasteiger partial charge in [-0.1, -0.05) is 12.2 Å². The standard InChI is InChI=1S/C13H23NO4/c1-11(2)10-14-8-4-5-9-18-13(16)7-6-12(15)17-3/h14H,1,4-10H2,2-3H3. The van der Waals surface area contributed by atoms with Gasteiger partial charge < -0.3 is 14.8 Å². The first-order chi connectivity index (χ1) is 8.56. The number of hydrogen-bond donors (Lipinski definition) is 1. The van der Waals surface area contributed by atoms with E-state index in [0.717, 1.165) is 31.5 Å². The Kier molecular flexibility index (Phi) is 9.96. The molecule has 0 spiro atoms. The van der Waals surface area contributed by atoms with Gasteiger partial charge in [-0.3, -0.25) is 9.59 Å². The van der Waals surface area contributed by atoms with E-state index in [2.05, 4.69) is 16.6 Å². The molecule has 0 amide bonds. The minimum Gasteiger partial charge on any atom is -0.469 e. The van der Waals surface area contributed by atoms with Gasteiger partial charge in [0.05, 0.1) is 26.6 Å². The van der Waals surface area contributed by atoms with Crippen LogP contribution in [-0.2, 0) is 19.1 Å². The average molecular weight is 257 g/mol. The topological polar surface area (TPSA) is 64.6 Å². The van der Waals surface area contributed by atoms with E-state index in [1.54, 1.807) is 0 Å². The summed E-state index contributed by atoms with van der Waals surface area (Å²) in [6, 6.07) is 0. The van der Waals surface area contributed by atoms with E-state index < -0.39 is 5.97 Å². The minimum absolute atomic E-state index is 0.0789. The molecule has 5 heteroatoms. The zero-order valence-electron chi connectivity index (χ0n) is 11.3. The largest absolute Gasteiger partial charge is 0.469 e. The third-order valence-electron chi connectivity index (χ3n) is 2.20. The van der Waals surface area contributed by atoms with Crippen LogP contribution in [0.3, 0.4) is 0 Å². The van der Waals surface area contributed by atoms with Crippen molar-refractivity contribution in [3.05, 3.63) is 12.2 Å². The van der Waals surface area contributed by atoms with Crippen molar-refractivity contribution in [3.8, 4) is 0 Å². The fourth-order valence-electron chi connectivity index (χ4n) is 1.22. The quantitative estimate of drug-likeness (QED) is 0.364. The number of esters is 2. The fourth-order valence-corrected chi connectivity index (χ4v) is 1.22. The van der Waals surface area contributed by atoms with Crippen molar-refractivity contribution in [1.29, 1.82) is 0 Å². The smallest absolute Gasteiger partial charge is 0.306 e. The van der Waals surface area contributed by atoms with E-state index in [-0.39, 0.29) is 18.8 Å². The van der Waals surface area contributed by atoms with Gasteiger partial charge in [0, 0.05) is 6.54 Å². The van der Waals surface area contributed by atoms with Crippen LogP contribution in [0.5, 0.6) is 0 Å². The first-order valence-corrected chi connectivity index (χ1v) is 6.13. The first-order valence-electron chi connectivity index (χ1n) is 6.13. The van der Waals surface area contributed by atoms with Crippen molar-refractivity contribution in [2.75, 3.05) is 26.8 Å². The monoisotopic (exact) mass is 257 g/mol. The average Bonchev–Trinajstić information content (AvgIpc) is 2.34. The van der Waals surface area contributed by atoms with Crippen molar-refractivity contribution < 1.29 is 19.1 Å². The summed E-state index contributed by atoms with van der Waals surface area (Å²) in [4.78, 5) is 22.0. The summed E-state index contributed by atoms with van der Waals surface area (Å²) in [5.74, 6) is -0.744. The van der Waals surface area contributed by atoms with Crippen LogP contribution in [0.25, 0.3) is 0 Å². The van der Waals surface area contributed by atoms with Gasteiger partial charge in [0.2, 0.25) is 0 Å². The lowest BCUT2D eigenvalue weighted by Gasteiger charge is -2.05. The highest BCUT2D eigenvalue weighted by Crippen LogP contribution is 1.97. The van der Waals surface area contributed by atoms with Crippen LogP contribution < -0.4 is 5.32 Å². The number of methoxy groups -OCH3 is 1. The van der Waals surface area contributed by atoms with Gasteiger partial charge in [-0.25, -0.2) is 0 Å². The second-order valence-electron chi connectivity index (χ2n) is 4.14. The van der Waals surface area contributed by atoms with Gasteiger partial charge in [0.25, 0.3) is 0 Å². The van der Waals surface area contributed by atoms with E-state index >= 15 is 0 Å². The van der Waals surface area contributed by atoms with E-state index in [9.17, 15) is 9.59 Å². The number of carbonyl (C=O) groups excluding carboxylic acids is 2. The molecule has 0 radical (unpaired) electrons. The molecule has 18 heavy (non-hydrogen) atoms. The van der Waals surface area contributed by atoms with Gasteiger partial charge in [-0.15, -0.1) is 0 Å². The van der Waals surface area contributed by atoms with Crippen molar-refractivity contribution >= 4 is 11.9 Å². The Bertz CT molecular complexity index is 276. The molecule has 0 saturated heterocycles. The van der Waals surface area contributed by atoms with E-state index in [1.807, 2.05) is 6.92 Å². The first kappa shape index (κ1) is 16.6. The molecule has 0 fully saturated rings. The summed E-state index contributed by atoms with van der Waals surface area (Å²) in [5.41, 5.74) is 1.10.